The van der Waals surface area contributed by atoms with Crippen molar-refractivity contribution in [1.29, 1.82) is 0 Å². The number of benzene rings is 1. The van der Waals surface area contributed by atoms with Crippen LogP contribution in [0.5, 0.6) is 11.5 Å². The van der Waals surface area contributed by atoms with E-state index in [1.54, 1.807) is 32.4 Å². The van der Waals surface area contributed by atoms with Crippen LogP contribution in [-0.4, -0.2) is 26.7 Å². The van der Waals surface area contributed by atoms with Crippen molar-refractivity contribution in [2.24, 2.45) is 5.92 Å². The molecule has 1 aromatic carbocycles. The summed E-state index contributed by atoms with van der Waals surface area (Å²) in [6.45, 7) is 4.91. The van der Waals surface area contributed by atoms with Crippen LogP contribution in [0.25, 0.3) is 0 Å². The minimum absolute atomic E-state index is 0.133. The summed E-state index contributed by atoms with van der Waals surface area (Å²) in [5, 5.41) is 2.88. The van der Waals surface area contributed by atoms with E-state index in [1.807, 2.05) is 0 Å². The number of carbonyl (C=O) groups excluding carboxylic acids is 1. The molecule has 1 amide bonds. The second-order valence-electron chi connectivity index (χ2n) is 4.50. The molecule has 0 bridgehead atoms. The maximum Gasteiger partial charge on any atom is 0.255 e. The zero-order valence-electron chi connectivity index (χ0n) is 11.4. The fraction of sp³-hybridized carbons (Fsp3) is 0.500. The second-order valence-corrected chi connectivity index (χ2v) is 4.50. The fourth-order valence-electron chi connectivity index (χ4n) is 1.56. The van der Waals surface area contributed by atoms with Gasteiger partial charge in [-0.15, -0.1) is 0 Å². The van der Waals surface area contributed by atoms with Crippen LogP contribution in [0.4, 0.5) is 0 Å². The lowest BCUT2D eigenvalue weighted by Crippen LogP contribution is -2.25. The van der Waals surface area contributed by atoms with Crippen molar-refractivity contribution in [3.05, 3.63) is 23.8 Å². The lowest BCUT2D eigenvalue weighted by molar-refractivity contribution is 0.0948. The minimum atomic E-state index is -0.133. The molecule has 0 spiro atoms. The van der Waals surface area contributed by atoms with Gasteiger partial charge >= 0.3 is 0 Å². The topological polar surface area (TPSA) is 47.6 Å². The first-order chi connectivity index (χ1) is 8.58. The van der Waals surface area contributed by atoms with E-state index in [1.165, 1.54) is 0 Å². The highest BCUT2D eigenvalue weighted by Crippen LogP contribution is 2.23. The Hall–Kier alpha value is -1.71. The lowest BCUT2D eigenvalue weighted by Gasteiger charge is -2.11. The Balaban J connectivity index is 2.76. The third kappa shape index (κ3) is 3.95. The highest BCUT2D eigenvalue weighted by Gasteiger charge is 2.13. The Morgan fingerprint density at radius 1 is 1.28 bits per heavy atom. The molecule has 0 atom stereocenters. The Kier molecular flexibility index (Phi) is 5.49. The molecule has 18 heavy (non-hydrogen) atoms. The average Bonchev–Trinajstić information content (AvgIpc) is 2.37. The van der Waals surface area contributed by atoms with Gasteiger partial charge in [-0.1, -0.05) is 13.8 Å². The standard InChI is InChI=1S/C14H21NO3/c1-10(2)7-8-15-14(16)12-9-11(17-3)5-6-13(12)18-4/h5-6,9-10H,7-8H2,1-4H3,(H,15,16). The number of rotatable bonds is 6. The van der Waals surface area contributed by atoms with Gasteiger partial charge in [-0.05, 0) is 30.5 Å². The Bertz CT molecular complexity index is 402. The van der Waals surface area contributed by atoms with Crippen molar-refractivity contribution in [2.45, 2.75) is 20.3 Å². The third-order valence-electron chi connectivity index (χ3n) is 2.66. The fourth-order valence-corrected chi connectivity index (χ4v) is 1.56. The summed E-state index contributed by atoms with van der Waals surface area (Å²) in [6, 6.07) is 5.18. The molecule has 1 aromatic rings. The molecule has 0 fully saturated rings. The average molecular weight is 251 g/mol. The summed E-state index contributed by atoms with van der Waals surface area (Å²) < 4.78 is 10.3. The molecule has 0 heterocycles. The molecule has 100 valence electrons. The lowest BCUT2D eigenvalue weighted by atomic mass is 10.1. The van der Waals surface area contributed by atoms with E-state index in [9.17, 15) is 4.79 Å². The molecular weight excluding hydrogens is 230 g/mol. The van der Waals surface area contributed by atoms with Crippen molar-refractivity contribution in [3.63, 3.8) is 0 Å². The molecule has 4 nitrogen and oxygen atoms in total. The van der Waals surface area contributed by atoms with Crippen LogP contribution >= 0.6 is 0 Å². The molecule has 4 heteroatoms. The van der Waals surface area contributed by atoms with Crippen molar-refractivity contribution in [2.75, 3.05) is 20.8 Å². The summed E-state index contributed by atoms with van der Waals surface area (Å²) in [5.41, 5.74) is 0.501. The first kappa shape index (κ1) is 14.4. The third-order valence-corrected chi connectivity index (χ3v) is 2.66. The van der Waals surface area contributed by atoms with Gasteiger partial charge in [0.25, 0.3) is 5.91 Å². The van der Waals surface area contributed by atoms with Crippen LogP contribution in [0, 0.1) is 5.92 Å². The maximum atomic E-state index is 12.0. The molecule has 0 radical (unpaired) electrons. The van der Waals surface area contributed by atoms with Gasteiger partial charge in [-0.3, -0.25) is 4.79 Å². The molecular formula is C14H21NO3. The summed E-state index contributed by atoms with van der Waals surface area (Å²) in [7, 11) is 3.12. The first-order valence-electron chi connectivity index (χ1n) is 6.08. The van der Waals surface area contributed by atoms with E-state index in [0.29, 0.717) is 29.5 Å². The van der Waals surface area contributed by atoms with Gasteiger partial charge in [0, 0.05) is 6.54 Å². The molecule has 0 aliphatic rings. The molecule has 0 aliphatic heterocycles. The van der Waals surface area contributed by atoms with Crippen LogP contribution < -0.4 is 14.8 Å². The predicted molar refractivity (Wildman–Crippen MR) is 71.3 cm³/mol. The summed E-state index contributed by atoms with van der Waals surface area (Å²) >= 11 is 0. The van der Waals surface area contributed by atoms with E-state index in [2.05, 4.69) is 19.2 Å². The predicted octanol–water partition coefficient (Wildman–Crippen LogP) is 2.48. The Morgan fingerprint density at radius 2 is 2.00 bits per heavy atom. The van der Waals surface area contributed by atoms with Gasteiger partial charge in [-0.2, -0.15) is 0 Å². The van der Waals surface area contributed by atoms with Gasteiger partial charge in [0.05, 0.1) is 19.8 Å². The molecule has 0 saturated heterocycles. The maximum absolute atomic E-state index is 12.0. The summed E-state index contributed by atoms with van der Waals surface area (Å²) in [4.78, 5) is 12.0. The van der Waals surface area contributed by atoms with E-state index < -0.39 is 0 Å². The SMILES string of the molecule is COc1ccc(OC)c(C(=O)NCCC(C)C)c1. The molecule has 1 rings (SSSR count). The smallest absolute Gasteiger partial charge is 0.255 e. The number of carbonyl (C=O) groups is 1. The van der Waals surface area contributed by atoms with Crippen LogP contribution in [0.15, 0.2) is 18.2 Å². The first-order valence-corrected chi connectivity index (χ1v) is 6.08. The zero-order valence-corrected chi connectivity index (χ0v) is 11.4. The Morgan fingerprint density at radius 3 is 2.56 bits per heavy atom. The van der Waals surface area contributed by atoms with Crippen LogP contribution in [0.3, 0.4) is 0 Å². The normalized spacial score (nSPS) is 10.3. The molecule has 0 saturated carbocycles. The molecule has 0 aliphatic carbocycles. The van der Waals surface area contributed by atoms with Crippen molar-refractivity contribution in [3.8, 4) is 11.5 Å². The van der Waals surface area contributed by atoms with Gasteiger partial charge < -0.3 is 14.8 Å². The summed E-state index contributed by atoms with van der Waals surface area (Å²) in [5.74, 6) is 1.63. The highest BCUT2D eigenvalue weighted by atomic mass is 16.5. The van der Waals surface area contributed by atoms with Gasteiger partial charge in [0.2, 0.25) is 0 Å². The van der Waals surface area contributed by atoms with E-state index >= 15 is 0 Å². The number of methoxy groups -OCH3 is 2. The van der Waals surface area contributed by atoms with E-state index in [-0.39, 0.29) is 5.91 Å². The molecule has 0 aromatic heterocycles. The van der Waals surface area contributed by atoms with Crippen LogP contribution in [0.1, 0.15) is 30.6 Å². The second kappa shape index (κ2) is 6.89. The largest absolute Gasteiger partial charge is 0.497 e. The van der Waals surface area contributed by atoms with E-state index in [4.69, 9.17) is 9.47 Å². The number of amides is 1. The minimum Gasteiger partial charge on any atom is -0.497 e. The number of ether oxygens (including phenoxy) is 2. The van der Waals surface area contributed by atoms with Crippen molar-refractivity contribution < 1.29 is 14.3 Å². The van der Waals surface area contributed by atoms with Gasteiger partial charge in [-0.25, -0.2) is 0 Å². The zero-order chi connectivity index (χ0) is 13.5. The van der Waals surface area contributed by atoms with E-state index in [0.717, 1.165) is 6.42 Å². The number of nitrogens with one attached hydrogen (secondary N) is 1. The Labute approximate surface area is 108 Å². The van der Waals surface area contributed by atoms with Crippen molar-refractivity contribution >= 4 is 5.91 Å². The van der Waals surface area contributed by atoms with Crippen LogP contribution in [0.2, 0.25) is 0 Å². The highest BCUT2D eigenvalue weighted by molar-refractivity contribution is 5.97. The number of hydrogen-bond acceptors (Lipinski definition) is 3. The molecule has 1 N–H and O–H groups in total. The van der Waals surface area contributed by atoms with Gasteiger partial charge in [0.15, 0.2) is 0 Å². The monoisotopic (exact) mass is 251 g/mol. The number of hydrogen-bond donors (Lipinski definition) is 1. The van der Waals surface area contributed by atoms with Gasteiger partial charge in [0.1, 0.15) is 11.5 Å². The quantitative estimate of drug-likeness (QED) is 0.845. The molecule has 0 unspecified atom stereocenters. The van der Waals surface area contributed by atoms with Crippen molar-refractivity contribution in [1.82, 2.24) is 5.32 Å². The van der Waals surface area contributed by atoms with Crippen LogP contribution in [-0.2, 0) is 0 Å². The summed E-state index contributed by atoms with van der Waals surface area (Å²) in [6.07, 6.45) is 0.956.